The van der Waals surface area contributed by atoms with Gasteiger partial charge in [0, 0.05) is 6.42 Å². The minimum Gasteiger partial charge on any atom is -0.465 e. The van der Waals surface area contributed by atoms with Crippen molar-refractivity contribution < 1.29 is 24.2 Å². The predicted molar refractivity (Wildman–Crippen MR) is 110 cm³/mol. The molecule has 1 aliphatic rings. The summed E-state index contributed by atoms with van der Waals surface area (Å²) in [6.07, 6.45) is 1.75. The molecule has 0 radical (unpaired) electrons. The van der Waals surface area contributed by atoms with E-state index in [1.165, 1.54) is 0 Å². The predicted octanol–water partition coefficient (Wildman–Crippen LogP) is 3.86. The summed E-state index contributed by atoms with van der Waals surface area (Å²) in [6, 6.07) is 18.6. The Labute approximate surface area is 171 Å². The maximum atomic E-state index is 12.9. The van der Waals surface area contributed by atoms with Crippen LogP contribution >= 0.6 is 0 Å². The third kappa shape index (κ3) is 3.96. The van der Waals surface area contributed by atoms with Gasteiger partial charge in [-0.15, -0.1) is 0 Å². The Morgan fingerprint density at radius 3 is 1.97 bits per heavy atom. The van der Waals surface area contributed by atoms with Gasteiger partial charge in [0.05, 0.1) is 13.2 Å². The molecule has 0 amide bonds. The summed E-state index contributed by atoms with van der Waals surface area (Å²) in [6.45, 7) is 3.66. The molecule has 3 rings (SSSR count). The molecule has 0 aliphatic heterocycles. The first-order valence-corrected chi connectivity index (χ1v) is 9.84. The topological polar surface area (TPSA) is 72.8 Å². The van der Waals surface area contributed by atoms with E-state index in [9.17, 15) is 14.7 Å². The third-order valence-corrected chi connectivity index (χ3v) is 5.31. The van der Waals surface area contributed by atoms with Crippen molar-refractivity contribution in [1.29, 1.82) is 0 Å². The first-order valence-electron chi connectivity index (χ1n) is 9.84. The highest BCUT2D eigenvalue weighted by molar-refractivity contribution is 6.01. The molecule has 2 aromatic rings. The molecular weight excluding hydrogens is 368 g/mol. The van der Waals surface area contributed by atoms with Crippen LogP contribution in [0.25, 0.3) is 6.08 Å². The lowest BCUT2D eigenvalue weighted by Crippen LogP contribution is -2.41. The zero-order chi connectivity index (χ0) is 20.9. The van der Waals surface area contributed by atoms with Crippen molar-refractivity contribution in [1.82, 2.24) is 0 Å². The monoisotopic (exact) mass is 394 g/mol. The molecule has 1 atom stereocenters. The lowest BCUT2D eigenvalue weighted by atomic mass is 9.82. The summed E-state index contributed by atoms with van der Waals surface area (Å²) in [5.74, 6) is -1.33. The van der Waals surface area contributed by atoms with Gasteiger partial charge in [-0.25, -0.2) is 0 Å². The van der Waals surface area contributed by atoms with E-state index in [0.717, 1.165) is 5.56 Å². The maximum Gasteiger partial charge on any atom is 0.323 e. The highest BCUT2D eigenvalue weighted by atomic mass is 16.6. The minimum absolute atomic E-state index is 0.0327. The summed E-state index contributed by atoms with van der Waals surface area (Å²) in [5.41, 5.74) is -0.998. The third-order valence-electron chi connectivity index (χ3n) is 5.31. The second-order valence-corrected chi connectivity index (χ2v) is 7.18. The van der Waals surface area contributed by atoms with Crippen molar-refractivity contribution in [2.45, 2.75) is 32.3 Å². The molecule has 2 aromatic carbocycles. The van der Waals surface area contributed by atoms with Gasteiger partial charge >= 0.3 is 11.9 Å². The molecule has 152 valence electrons. The standard InChI is InChI=1S/C24H26O5/c1-3-28-21(25)23(22(26)29-4-2)16-20(15-18-11-7-5-8-12-18)24(27,17-23)19-13-9-6-10-14-19/h5-15,27H,3-4,16-17H2,1-2H3/b20-15-/t24-/m0/s1. The van der Waals surface area contributed by atoms with Crippen molar-refractivity contribution in [2.75, 3.05) is 13.2 Å². The summed E-state index contributed by atoms with van der Waals surface area (Å²) >= 11 is 0. The van der Waals surface area contributed by atoms with E-state index in [2.05, 4.69) is 0 Å². The normalized spacial score (nSPS) is 21.7. The molecule has 5 nitrogen and oxygen atoms in total. The van der Waals surface area contributed by atoms with Crippen LogP contribution in [0.5, 0.6) is 0 Å². The molecular formula is C24H26O5. The fourth-order valence-corrected chi connectivity index (χ4v) is 3.92. The lowest BCUT2D eigenvalue weighted by Gasteiger charge is -2.28. The quantitative estimate of drug-likeness (QED) is 0.595. The molecule has 5 heteroatoms. The van der Waals surface area contributed by atoms with Crippen LogP contribution in [0.2, 0.25) is 0 Å². The number of esters is 2. The van der Waals surface area contributed by atoms with Gasteiger partial charge in [0.15, 0.2) is 5.41 Å². The maximum absolute atomic E-state index is 12.9. The highest BCUT2D eigenvalue weighted by Crippen LogP contribution is 2.54. The lowest BCUT2D eigenvalue weighted by molar-refractivity contribution is -0.173. The summed E-state index contributed by atoms with van der Waals surface area (Å²) in [7, 11) is 0. The Balaban J connectivity index is 2.15. The Bertz CT molecular complexity index is 870. The second-order valence-electron chi connectivity index (χ2n) is 7.18. The average molecular weight is 394 g/mol. The van der Waals surface area contributed by atoms with E-state index < -0.39 is 23.0 Å². The molecule has 0 saturated heterocycles. The van der Waals surface area contributed by atoms with Gasteiger partial charge in [-0.3, -0.25) is 9.59 Å². The van der Waals surface area contributed by atoms with Crippen LogP contribution in [-0.4, -0.2) is 30.3 Å². The van der Waals surface area contributed by atoms with Crippen LogP contribution in [0.15, 0.2) is 66.2 Å². The first kappa shape index (κ1) is 20.8. The first-order chi connectivity index (χ1) is 14.0. The summed E-state index contributed by atoms with van der Waals surface area (Å²) in [4.78, 5) is 25.9. The Morgan fingerprint density at radius 1 is 0.931 bits per heavy atom. The van der Waals surface area contributed by atoms with Gasteiger partial charge in [-0.2, -0.15) is 0 Å². The van der Waals surface area contributed by atoms with Crippen LogP contribution in [0.4, 0.5) is 0 Å². The van der Waals surface area contributed by atoms with Crippen molar-refractivity contribution in [3.05, 3.63) is 77.4 Å². The number of ether oxygens (including phenoxy) is 2. The van der Waals surface area contributed by atoms with Gasteiger partial charge < -0.3 is 14.6 Å². The van der Waals surface area contributed by atoms with Crippen LogP contribution in [0, 0.1) is 5.41 Å². The molecule has 1 saturated carbocycles. The zero-order valence-corrected chi connectivity index (χ0v) is 16.8. The molecule has 0 spiro atoms. The number of aliphatic hydroxyl groups is 1. The molecule has 29 heavy (non-hydrogen) atoms. The highest BCUT2D eigenvalue weighted by Gasteiger charge is 2.61. The van der Waals surface area contributed by atoms with Crippen LogP contribution in [0.1, 0.15) is 37.8 Å². The zero-order valence-electron chi connectivity index (χ0n) is 16.8. The van der Waals surface area contributed by atoms with Crippen molar-refractivity contribution in [3.8, 4) is 0 Å². The van der Waals surface area contributed by atoms with E-state index in [0.29, 0.717) is 11.1 Å². The number of carbonyl (C=O) groups is 2. The van der Waals surface area contributed by atoms with Crippen molar-refractivity contribution in [3.63, 3.8) is 0 Å². The van der Waals surface area contributed by atoms with Gasteiger partial charge in [-0.1, -0.05) is 66.7 Å². The Kier molecular flexibility index (Phi) is 6.18. The number of rotatable bonds is 6. The summed E-state index contributed by atoms with van der Waals surface area (Å²) < 4.78 is 10.5. The Morgan fingerprint density at radius 2 is 1.45 bits per heavy atom. The van der Waals surface area contributed by atoms with E-state index >= 15 is 0 Å². The molecule has 0 aromatic heterocycles. The van der Waals surface area contributed by atoms with Crippen molar-refractivity contribution >= 4 is 18.0 Å². The number of hydrogen-bond donors (Lipinski definition) is 1. The SMILES string of the molecule is CCOC(=O)C1(C(=O)OCC)C/C(=C/c2ccccc2)[C@@](O)(c2ccccc2)C1. The van der Waals surface area contributed by atoms with E-state index in [-0.39, 0.29) is 26.1 Å². The van der Waals surface area contributed by atoms with Crippen molar-refractivity contribution in [2.24, 2.45) is 5.41 Å². The smallest absolute Gasteiger partial charge is 0.323 e. The molecule has 0 bridgehead atoms. The minimum atomic E-state index is -1.59. The van der Waals surface area contributed by atoms with Crippen LogP contribution in [-0.2, 0) is 24.7 Å². The summed E-state index contributed by atoms with van der Waals surface area (Å²) in [5, 5.41) is 11.8. The molecule has 1 aliphatic carbocycles. The second kappa shape index (κ2) is 8.62. The van der Waals surface area contributed by atoms with Gasteiger partial charge in [0.25, 0.3) is 0 Å². The number of carbonyl (C=O) groups excluding carboxylic acids is 2. The fourth-order valence-electron chi connectivity index (χ4n) is 3.92. The molecule has 1 fully saturated rings. The number of hydrogen-bond acceptors (Lipinski definition) is 5. The molecule has 0 heterocycles. The van der Waals surface area contributed by atoms with Gasteiger partial charge in [-0.05, 0) is 37.0 Å². The van der Waals surface area contributed by atoms with E-state index in [4.69, 9.17) is 9.47 Å². The average Bonchev–Trinajstić information content (AvgIpc) is 3.05. The van der Waals surface area contributed by atoms with E-state index in [1.54, 1.807) is 26.0 Å². The van der Waals surface area contributed by atoms with E-state index in [1.807, 2.05) is 54.6 Å². The number of benzene rings is 2. The van der Waals surface area contributed by atoms with Crippen LogP contribution in [0.3, 0.4) is 0 Å². The van der Waals surface area contributed by atoms with Crippen LogP contribution < -0.4 is 0 Å². The largest absolute Gasteiger partial charge is 0.465 e. The Hall–Kier alpha value is -2.92. The molecule has 1 N–H and O–H groups in total. The fraction of sp³-hybridized carbons (Fsp3) is 0.333. The molecule has 0 unspecified atom stereocenters. The van der Waals surface area contributed by atoms with Gasteiger partial charge in [0.1, 0.15) is 5.60 Å². The van der Waals surface area contributed by atoms with Gasteiger partial charge in [0.2, 0.25) is 0 Å².